The quantitative estimate of drug-likeness (QED) is 0.577. The summed E-state index contributed by atoms with van der Waals surface area (Å²) in [7, 11) is 0. The average molecular weight is 353 g/mol. The van der Waals surface area contributed by atoms with Crippen LogP contribution in [0.3, 0.4) is 0 Å². The lowest BCUT2D eigenvalue weighted by molar-refractivity contribution is -0.145. The summed E-state index contributed by atoms with van der Waals surface area (Å²) in [5.41, 5.74) is 2.38. The first kappa shape index (κ1) is 18.1. The van der Waals surface area contributed by atoms with Gasteiger partial charge in [0.2, 0.25) is 0 Å². The Morgan fingerprint density at radius 3 is 2.77 bits per heavy atom. The van der Waals surface area contributed by atoms with Gasteiger partial charge in [-0.05, 0) is 44.2 Å². The zero-order valence-electron chi connectivity index (χ0n) is 15.2. The Balaban J connectivity index is 1.85. The van der Waals surface area contributed by atoms with Crippen LogP contribution in [-0.2, 0) is 20.9 Å². The fourth-order valence-corrected chi connectivity index (χ4v) is 3.31. The molecule has 1 aromatic carbocycles. The van der Waals surface area contributed by atoms with Crippen molar-refractivity contribution in [3.8, 4) is 0 Å². The van der Waals surface area contributed by atoms with Gasteiger partial charge in [-0.1, -0.05) is 30.4 Å². The van der Waals surface area contributed by atoms with E-state index in [4.69, 9.17) is 9.47 Å². The lowest BCUT2D eigenvalue weighted by Crippen LogP contribution is -2.15. The summed E-state index contributed by atoms with van der Waals surface area (Å²) in [6.07, 6.45) is 6.50. The number of benzene rings is 1. The fraction of sp³-hybridized carbons (Fsp3) is 0.381. The molecule has 0 radical (unpaired) electrons. The van der Waals surface area contributed by atoms with Crippen LogP contribution >= 0.6 is 0 Å². The number of fused-ring (bicyclic) bond motifs is 1. The van der Waals surface area contributed by atoms with E-state index in [-0.39, 0.29) is 25.1 Å². The topological polar surface area (TPSA) is 65.5 Å². The highest BCUT2D eigenvalue weighted by atomic mass is 16.5. The van der Waals surface area contributed by atoms with Crippen LogP contribution in [0, 0.1) is 12.8 Å². The lowest BCUT2D eigenvalue weighted by Gasteiger charge is -2.14. The number of carbonyl (C=O) groups excluding carboxylic acids is 2. The first-order valence-electron chi connectivity index (χ1n) is 8.97. The van der Waals surface area contributed by atoms with E-state index in [2.05, 4.69) is 17.1 Å². The van der Waals surface area contributed by atoms with E-state index in [1.165, 1.54) is 0 Å². The van der Waals surface area contributed by atoms with Crippen molar-refractivity contribution >= 4 is 22.8 Å². The van der Waals surface area contributed by atoms with Gasteiger partial charge in [0.05, 0.1) is 29.8 Å². The van der Waals surface area contributed by atoms with Gasteiger partial charge in [0.1, 0.15) is 6.61 Å². The zero-order valence-corrected chi connectivity index (χ0v) is 15.2. The minimum absolute atomic E-state index is 0.0326. The van der Waals surface area contributed by atoms with Crippen molar-refractivity contribution in [1.29, 1.82) is 0 Å². The third-order valence-electron chi connectivity index (χ3n) is 4.62. The van der Waals surface area contributed by atoms with Crippen LogP contribution in [0.25, 0.3) is 10.9 Å². The number of ether oxygens (including phenoxy) is 2. The first-order chi connectivity index (χ1) is 12.6. The predicted octanol–water partition coefficient (Wildman–Crippen LogP) is 4.12. The van der Waals surface area contributed by atoms with Crippen molar-refractivity contribution in [3.63, 3.8) is 0 Å². The molecule has 3 rings (SSSR count). The molecule has 0 N–H and O–H groups in total. The number of carbonyl (C=O) groups is 2. The summed E-state index contributed by atoms with van der Waals surface area (Å²) < 4.78 is 10.6. The Labute approximate surface area is 153 Å². The number of rotatable bonds is 6. The van der Waals surface area contributed by atoms with Crippen LogP contribution < -0.4 is 0 Å². The molecule has 136 valence electrons. The maximum absolute atomic E-state index is 12.4. The van der Waals surface area contributed by atoms with Crippen molar-refractivity contribution in [1.82, 2.24) is 4.98 Å². The van der Waals surface area contributed by atoms with Gasteiger partial charge >= 0.3 is 11.9 Å². The van der Waals surface area contributed by atoms with E-state index in [0.717, 1.165) is 29.3 Å². The number of nitrogens with zero attached hydrogens (tertiary/aromatic N) is 1. The van der Waals surface area contributed by atoms with Crippen molar-refractivity contribution in [2.45, 2.75) is 39.7 Å². The van der Waals surface area contributed by atoms with E-state index < -0.39 is 5.97 Å². The number of pyridine rings is 1. The molecule has 2 aromatic rings. The third-order valence-corrected chi connectivity index (χ3v) is 4.62. The zero-order chi connectivity index (χ0) is 18.5. The summed E-state index contributed by atoms with van der Waals surface area (Å²) in [5.74, 6) is -0.463. The van der Waals surface area contributed by atoms with Gasteiger partial charge in [-0.25, -0.2) is 9.78 Å². The molecule has 0 unspecified atom stereocenters. The van der Waals surface area contributed by atoms with Gasteiger partial charge < -0.3 is 9.47 Å². The number of allylic oxidation sites excluding steroid dienone is 2. The van der Waals surface area contributed by atoms with Crippen molar-refractivity contribution < 1.29 is 19.1 Å². The van der Waals surface area contributed by atoms with E-state index >= 15 is 0 Å². The summed E-state index contributed by atoms with van der Waals surface area (Å²) in [6, 6.07) is 7.59. The van der Waals surface area contributed by atoms with Crippen molar-refractivity contribution in [2.75, 3.05) is 6.61 Å². The Kier molecular flexibility index (Phi) is 5.66. The number of aryl methyl sites for hydroxylation is 1. The van der Waals surface area contributed by atoms with Crippen LogP contribution in [0.15, 0.2) is 36.4 Å². The number of esters is 2. The molecule has 0 saturated carbocycles. The second-order valence-corrected chi connectivity index (χ2v) is 6.43. The van der Waals surface area contributed by atoms with Crippen LogP contribution in [0.5, 0.6) is 0 Å². The number of hydrogen-bond acceptors (Lipinski definition) is 5. The Bertz CT molecular complexity index is 856. The lowest BCUT2D eigenvalue weighted by atomic mass is 10.0. The van der Waals surface area contributed by atoms with Gasteiger partial charge in [-0.2, -0.15) is 0 Å². The van der Waals surface area contributed by atoms with Crippen LogP contribution in [0.4, 0.5) is 0 Å². The fourth-order valence-electron chi connectivity index (χ4n) is 3.31. The number of aromatic nitrogens is 1. The van der Waals surface area contributed by atoms with E-state index in [9.17, 15) is 9.59 Å². The van der Waals surface area contributed by atoms with Crippen LogP contribution in [0.1, 0.15) is 47.8 Å². The molecule has 0 bridgehead atoms. The predicted molar refractivity (Wildman–Crippen MR) is 98.7 cm³/mol. The maximum Gasteiger partial charge on any atom is 0.340 e. The van der Waals surface area contributed by atoms with Gasteiger partial charge in [0.25, 0.3) is 0 Å². The van der Waals surface area contributed by atoms with Gasteiger partial charge in [0, 0.05) is 5.39 Å². The molecule has 1 atom stereocenters. The molecule has 5 heteroatoms. The minimum atomic E-state index is -0.437. The molecule has 0 spiro atoms. The average Bonchev–Trinajstić information content (AvgIpc) is 3.13. The summed E-state index contributed by atoms with van der Waals surface area (Å²) in [5, 5.41) is 0.890. The van der Waals surface area contributed by atoms with Gasteiger partial charge in [0.15, 0.2) is 0 Å². The van der Waals surface area contributed by atoms with Crippen LogP contribution in [0.2, 0.25) is 0 Å². The summed E-state index contributed by atoms with van der Waals surface area (Å²) >= 11 is 0. The monoisotopic (exact) mass is 353 g/mol. The molecule has 1 aliphatic carbocycles. The first-order valence-corrected chi connectivity index (χ1v) is 8.97. The number of hydrogen-bond donors (Lipinski definition) is 0. The second-order valence-electron chi connectivity index (χ2n) is 6.43. The smallest absolute Gasteiger partial charge is 0.340 e. The standard InChI is InChI=1S/C21H23NO4/c1-3-25-21(24)20-14(2)16-10-6-7-11-17(16)22-18(20)13-26-19(23)12-15-8-4-5-9-15/h4,6-8,10-11,15H,3,5,9,12-13H2,1-2H3/t15-/m0/s1. The van der Waals surface area contributed by atoms with Gasteiger partial charge in [-0.15, -0.1) is 0 Å². The van der Waals surface area contributed by atoms with E-state index in [1.54, 1.807) is 6.92 Å². The Morgan fingerprint density at radius 1 is 1.23 bits per heavy atom. The minimum Gasteiger partial charge on any atom is -0.462 e. The largest absolute Gasteiger partial charge is 0.462 e. The third kappa shape index (κ3) is 3.93. The maximum atomic E-state index is 12.4. The Hall–Kier alpha value is -2.69. The van der Waals surface area contributed by atoms with Crippen molar-refractivity contribution in [3.05, 3.63) is 53.2 Å². The number of para-hydroxylation sites is 1. The molecule has 1 heterocycles. The highest BCUT2D eigenvalue weighted by Crippen LogP contribution is 2.25. The normalized spacial score (nSPS) is 16.0. The highest BCUT2D eigenvalue weighted by Gasteiger charge is 2.21. The van der Waals surface area contributed by atoms with E-state index in [1.807, 2.05) is 31.2 Å². The highest BCUT2D eigenvalue weighted by molar-refractivity contribution is 5.98. The van der Waals surface area contributed by atoms with Crippen molar-refractivity contribution in [2.24, 2.45) is 5.92 Å². The molecule has 0 amide bonds. The molecule has 1 aromatic heterocycles. The molecular formula is C21H23NO4. The van der Waals surface area contributed by atoms with E-state index in [0.29, 0.717) is 17.7 Å². The molecule has 26 heavy (non-hydrogen) atoms. The summed E-state index contributed by atoms with van der Waals surface area (Å²) in [6.45, 7) is 3.87. The molecule has 0 saturated heterocycles. The molecular weight excluding hydrogens is 330 g/mol. The molecule has 1 aliphatic rings. The SMILES string of the molecule is CCOC(=O)c1c(COC(=O)C[C@H]2C=CCC2)nc2ccccc2c1C. The Morgan fingerprint density at radius 2 is 2.04 bits per heavy atom. The second kappa shape index (κ2) is 8.13. The molecule has 0 aliphatic heterocycles. The van der Waals surface area contributed by atoms with Gasteiger partial charge in [-0.3, -0.25) is 4.79 Å². The van der Waals surface area contributed by atoms with Crippen LogP contribution in [-0.4, -0.2) is 23.5 Å². The molecule has 5 nitrogen and oxygen atoms in total. The summed E-state index contributed by atoms with van der Waals surface area (Å²) in [4.78, 5) is 29.1. The molecule has 0 fully saturated rings.